The van der Waals surface area contributed by atoms with Crippen molar-refractivity contribution in [1.82, 2.24) is 20.9 Å². The van der Waals surface area contributed by atoms with E-state index >= 15 is 0 Å². The average Bonchev–Trinajstić information content (AvgIpc) is 2.73. The molecule has 4 aliphatic rings. The molecule has 8 nitrogen and oxygen atoms in total. The molecule has 0 radical (unpaired) electrons. The van der Waals surface area contributed by atoms with Gasteiger partial charge in [0.2, 0.25) is 0 Å². The summed E-state index contributed by atoms with van der Waals surface area (Å²) in [5.74, 6) is 0.842. The number of anilines is 2. The molecular formula is C20H26N8. The number of nitrogens with zero attached hydrogens (tertiary/aromatic N) is 6. The molecule has 0 amide bonds. The molecule has 146 valence electrons. The van der Waals surface area contributed by atoms with Crippen LogP contribution in [0.3, 0.4) is 0 Å². The van der Waals surface area contributed by atoms with Crippen LogP contribution in [0, 0.1) is 0 Å². The molecule has 5 heterocycles. The lowest BCUT2D eigenvalue weighted by Gasteiger charge is -2.40. The summed E-state index contributed by atoms with van der Waals surface area (Å²) in [6, 6.07) is 0.272. The highest BCUT2D eigenvalue weighted by molar-refractivity contribution is 5.87. The minimum atomic E-state index is -0.0648. The number of hydrazone groups is 1. The van der Waals surface area contributed by atoms with Gasteiger partial charge in [-0.1, -0.05) is 6.08 Å². The van der Waals surface area contributed by atoms with Crippen LogP contribution < -0.4 is 20.8 Å². The molecule has 0 spiro atoms. The standard InChI is InChI=1S/C20H26N8/c1-13-9-15-6-8-21-11-17(15)28(26-13)20-16-10-14(2)25-27(18(16)12-23-24-20)19-5-3-4-7-22-19/h3,5,7,12,14,19,21,25H,4,6,8-11H2,1-2H3. The van der Waals surface area contributed by atoms with Crippen LogP contribution in [0.2, 0.25) is 0 Å². The summed E-state index contributed by atoms with van der Waals surface area (Å²) in [4.78, 5) is 4.65. The van der Waals surface area contributed by atoms with E-state index in [2.05, 4.69) is 56.9 Å². The summed E-state index contributed by atoms with van der Waals surface area (Å²) in [5, 5.41) is 21.4. The molecule has 4 aliphatic heterocycles. The summed E-state index contributed by atoms with van der Waals surface area (Å²) < 4.78 is 0. The predicted molar refractivity (Wildman–Crippen MR) is 112 cm³/mol. The van der Waals surface area contributed by atoms with Crippen LogP contribution in [0.15, 0.2) is 39.7 Å². The maximum Gasteiger partial charge on any atom is 0.181 e. The van der Waals surface area contributed by atoms with Crippen LogP contribution in [0.1, 0.15) is 38.7 Å². The SMILES string of the molecule is CC1=NN(c2nncc3c2CC(C)NN3C2C=CCC=N2)C2=C(CCNC2)C1. The maximum absolute atomic E-state index is 4.87. The molecule has 0 aliphatic carbocycles. The number of hydrogen-bond acceptors (Lipinski definition) is 8. The van der Waals surface area contributed by atoms with Crippen molar-refractivity contribution in [2.75, 3.05) is 23.1 Å². The third-order valence-corrected chi connectivity index (χ3v) is 5.61. The molecule has 1 aromatic heterocycles. The minimum Gasteiger partial charge on any atom is -0.311 e. The van der Waals surface area contributed by atoms with Gasteiger partial charge in [0.25, 0.3) is 0 Å². The molecule has 0 saturated heterocycles. The average molecular weight is 378 g/mol. The Bertz CT molecular complexity index is 887. The first-order valence-corrected chi connectivity index (χ1v) is 10.0. The number of fused-ring (bicyclic) bond motifs is 1. The fourth-order valence-electron chi connectivity index (χ4n) is 4.36. The van der Waals surface area contributed by atoms with E-state index in [-0.39, 0.29) is 12.2 Å². The Kier molecular flexibility index (Phi) is 4.44. The van der Waals surface area contributed by atoms with Gasteiger partial charge in [-0.05, 0) is 44.9 Å². The zero-order valence-corrected chi connectivity index (χ0v) is 16.4. The highest BCUT2D eigenvalue weighted by Gasteiger charge is 2.33. The van der Waals surface area contributed by atoms with Crippen LogP contribution in [-0.2, 0) is 6.42 Å². The molecule has 28 heavy (non-hydrogen) atoms. The number of aliphatic imine (C=N–C) groups is 1. The number of aromatic nitrogens is 2. The summed E-state index contributed by atoms with van der Waals surface area (Å²) in [6.45, 7) is 6.14. The molecule has 1 aromatic rings. The molecule has 8 heteroatoms. The van der Waals surface area contributed by atoms with Gasteiger partial charge in [-0.15, -0.1) is 5.10 Å². The van der Waals surface area contributed by atoms with Crippen LogP contribution in [0.5, 0.6) is 0 Å². The minimum absolute atomic E-state index is 0.0648. The molecule has 0 saturated carbocycles. The third kappa shape index (κ3) is 3.02. The van der Waals surface area contributed by atoms with Gasteiger partial charge in [-0.25, -0.2) is 10.4 Å². The zero-order chi connectivity index (χ0) is 19.1. The van der Waals surface area contributed by atoms with E-state index in [1.165, 1.54) is 16.8 Å². The summed E-state index contributed by atoms with van der Waals surface area (Å²) in [7, 11) is 0. The van der Waals surface area contributed by atoms with Crippen molar-refractivity contribution in [2.24, 2.45) is 10.1 Å². The lowest BCUT2D eigenvalue weighted by Crippen LogP contribution is -2.53. The van der Waals surface area contributed by atoms with Crippen molar-refractivity contribution >= 4 is 23.4 Å². The molecular weight excluding hydrogens is 352 g/mol. The van der Waals surface area contributed by atoms with Gasteiger partial charge in [-0.2, -0.15) is 10.2 Å². The molecule has 0 bridgehead atoms. The Hall–Kier alpha value is -2.58. The molecule has 2 unspecified atom stereocenters. The Morgan fingerprint density at radius 2 is 2.21 bits per heavy atom. The van der Waals surface area contributed by atoms with E-state index in [0.29, 0.717) is 0 Å². The van der Waals surface area contributed by atoms with Crippen LogP contribution in [-0.4, -0.2) is 47.4 Å². The topological polar surface area (TPSA) is 81.0 Å². The predicted octanol–water partition coefficient (Wildman–Crippen LogP) is 1.92. The van der Waals surface area contributed by atoms with E-state index < -0.39 is 0 Å². The first-order chi connectivity index (χ1) is 13.7. The second kappa shape index (κ2) is 7.10. The third-order valence-electron chi connectivity index (χ3n) is 5.61. The molecule has 2 atom stereocenters. The van der Waals surface area contributed by atoms with E-state index in [0.717, 1.165) is 56.0 Å². The van der Waals surface area contributed by atoms with Gasteiger partial charge in [0.1, 0.15) is 0 Å². The van der Waals surface area contributed by atoms with Gasteiger partial charge >= 0.3 is 0 Å². The van der Waals surface area contributed by atoms with E-state index in [9.17, 15) is 0 Å². The van der Waals surface area contributed by atoms with Gasteiger partial charge in [0.05, 0.1) is 17.6 Å². The Balaban J connectivity index is 1.59. The summed E-state index contributed by atoms with van der Waals surface area (Å²) in [6.07, 6.45) is 11.8. The maximum atomic E-state index is 4.87. The molecule has 5 rings (SSSR count). The lowest BCUT2D eigenvalue weighted by atomic mass is 9.98. The van der Waals surface area contributed by atoms with Gasteiger partial charge in [-0.3, -0.25) is 10.0 Å². The molecule has 0 fully saturated rings. The number of dihydropyridines is 1. The Labute approximate surface area is 165 Å². The van der Waals surface area contributed by atoms with E-state index in [4.69, 9.17) is 5.10 Å². The van der Waals surface area contributed by atoms with Crippen molar-refractivity contribution in [3.63, 3.8) is 0 Å². The lowest BCUT2D eigenvalue weighted by molar-refractivity contribution is 0.462. The second-order valence-electron chi connectivity index (χ2n) is 7.85. The van der Waals surface area contributed by atoms with Gasteiger partial charge in [0, 0.05) is 42.9 Å². The smallest absolute Gasteiger partial charge is 0.181 e. The fraction of sp³-hybridized carbons (Fsp3) is 0.500. The highest BCUT2D eigenvalue weighted by Crippen LogP contribution is 2.37. The number of hydrogen-bond donors (Lipinski definition) is 2. The van der Waals surface area contributed by atoms with E-state index in [1.807, 2.05) is 17.4 Å². The zero-order valence-electron chi connectivity index (χ0n) is 16.4. The quantitative estimate of drug-likeness (QED) is 0.766. The van der Waals surface area contributed by atoms with Gasteiger partial charge in [0.15, 0.2) is 12.0 Å². The molecule has 0 aromatic carbocycles. The van der Waals surface area contributed by atoms with Crippen LogP contribution in [0.4, 0.5) is 11.5 Å². The summed E-state index contributed by atoms with van der Waals surface area (Å²) in [5.41, 5.74) is 9.58. The number of rotatable bonds is 2. The Morgan fingerprint density at radius 1 is 1.29 bits per heavy atom. The van der Waals surface area contributed by atoms with Crippen LogP contribution in [0.25, 0.3) is 0 Å². The first kappa shape index (κ1) is 17.5. The van der Waals surface area contributed by atoms with Crippen molar-refractivity contribution in [2.45, 2.75) is 51.7 Å². The number of allylic oxidation sites excluding steroid dienone is 1. The van der Waals surface area contributed by atoms with Crippen LogP contribution >= 0.6 is 0 Å². The van der Waals surface area contributed by atoms with Gasteiger partial charge < -0.3 is 5.32 Å². The normalized spacial score (nSPS) is 26.9. The summed E-state index contributed by atoms with van der Waals surface area (Å²) >= 11 is 0. The number of nitrogens with one attached hydrogen (secondary N) is 2. The van der Waals surface area contributed by atoms with E-state index in [1.54, 1.807) is 0 Å². The number of hydrazine groups is 1. The molecule has 2 N–H and O–H groups in total. The Morgan fingerprint density at radius 3 is 3.07 bits per heavy atom. The monoisotopic (exact) mass is 378 g/mol. The van der Waals surface area contributed by atoms with Crippen molar-refractivity contribution < 1.29 is 0 Å². The van der Waals surface area contributed by atoms with Crippen molar-refractivity contribution in [3.05, 3.63) is 35.2 Å². The highest BCUT2D eigenvalue weighted by atomic mass is 15.6. The largest absolute Gasteiger partial charge is 0.311 e. The fourth-order valence-corrected chi connectivity index (χ4v) is 4.36. The van der Waals surface area contributed by atoms with Crippen molar-refractivity contribution in [3.8, 4) is 0 Å². The van der Waals surface area contributed by atoms with Crippen molar-refractivity contribution in [1.29, 1.82) is 0 Å². The second-order valence-corrected chi connectivity index (χ2v) is 7.85. The first-order valence-electron chi connectivity index (χ1n) is 10.0.